The van der Waals surface area contributed by atoms with E-state index < -0.39 is 0 Å². The summed E-state index contributed by atoms with van der Waals surface area (Å²) in [5, 5.41) is 0. The molecule has 0 aliphatic carbocycles. The number of benzene rings is 1. The van der Waals surface area contributed by atoms with Crippen LogP contribution in [0.2, 0.25) is 0 Å². The molecule has 1 aromatic carbocycles. The molecule has 0 bridgehead atoms. The molecule has 1 fully saturated rings. The summed E-state index contributed by atoms with van der Waals surface area (Å²) in [5.74, 6) is 0.0491. The van der Waals surface area contributed by atoms with Crippen LogP contribution in [0, 0.1) is 13.8 Å². The predicted molar refractivity (Wildman–Crippen MR) is 73.0 cm³/mol. The lowest BCUT2D eigenvalue weighted by molar-refractivity contribution is -0.140. The van der Waals surface area contributed by atoms with E-state index in [1.807, 2.05) is 0 Å². The van der Waals surface area contributed by atoms with Gasteiger partial charge in [0, 0.05) is 13.1 Å². The third-order valence-electron chi connectivity index (χ3n) is 3.34. The highest BCUT2D eigenvalue weighted by atomic mass is 16.5. The van der Waals surface area contributed by atoms with Gasteiger partial charge in [-0.3, -0.25) is 4.79 Å². The van der Waals surface area contributed by atoms with E-state index in [1.165, 1.54) is 11.1 Å². The average molecular weight is 263 g/mol. The fourth-order valence-corrected chi connectivity index (χ4v) is 2.16. The fourth-order valence-electron chi connectivity index (χ4n) is 2.16. The lowest BCUT2D eigenvalue weighted by Crippen LogP contribution is -2.42. The zero-order chi connectivity index (χ0) is 13.7. The topological polar surface area (TPSA) is 38.8 Å². The predicted octanol–water partition coefficient (Wildman–Crippen LogP) is 1.68. The number of rotatable bonds is 4. The first-order valence-electron chi connectivity index (χ1n) is 6.66. The number of carbonyl (C=O) groups is 1. The Kier molecular flexibility index (Phi) is 4.93. The second kappa shape index (κ2) is 6.68. The lowest BCUT2D eigenvalue weighted by atomic mass is 10.1. The van der Waals surface area contributed by atoms with Crippen LogP contribution in [0.3, 0.4) is 0 Å². The zero-order valence-electron chi connectivity index (χ0n) is 11.6. The van der Waals surface area contributed by atoms with Crippen molar-refractivity contribution in [2.24, 2.45) is 0 Å². The molecule has 1 aliphatic heterocycles. The fraction of sp³-hybridized carbons (Fsp3) is 0.533. The minimum atomic E-state index is 0.0491. The Labute approximate surface area is 114 Å². The summed E-state index contributed by atoms with van der Waals surface area (Å²) in [7, 11) is 0. The monoisotopic (exact) mass is 263 g/mol. The summed E-state index contributed by atoms with van der Waals surface area (Å²) in [6.45, 7) is 7.37. The Morgan fingerprint density at radius 1 is 1.32 bits per heavy atom. The minimum absolute atomic E-state index is 0.0491. The highest BCUT2D eigenvalue weighted by Crippen LogP contribution is 2.11. The van der Waals surface area contributed by atoms with Crippen LogP contribution < -0.4 is 0 Å². The Morgan fingerprint density at radius 2 is 2.05 bits per heavy atom. The van der Waals surface area contributed by atoms with Gasteiger partial charge in [0.15, 0.2) is 0 Å². The van der Waals surface area contributed by atoms with E-state index in [0.717, 1.165) is 5.56 Å². The quantitative estimate of drug-likeness (QED) is 0.829. The molecule has 1 aromatic rings. The lowest BCUT2D eigenvalue weighted by Gasteiger charge is -2.26. The standard InChI is InChI=1S/C15H21NO3/c1-12-3-4-14(13(2)9-12)10-19-11-15(17)16-5-7-18-8-6-16/h3-4,9H,5-8,10-11H2,1-2H3. The number of amides is 1. The van der Waals surface area contributed by atoms with Gasteiger partial charge in [-0.1, -0.05) is 23.8 Å². The van der Waals surface area contributed by atoms with Gasteiger partial charge < -0.3 is 14.4 Å². The van der Waals surface area contributed by atoms with Crippen molar-refractivity contribution >= 4 is 5.91 Å². The third kappa shape index (κ3) is 4.04. The van der Waals surface area contributed by atoms with E-state index in [0.29, 0.717) is 32.9 Å². The van der Waals surface area contributed by atoms with E-state index >= 15 is 0 Å². The molecule has 0 atom stereocenters. The van der Waals surface area contributed by atoms with Crippen molar-refractivity contribution in [2.75, 3.05) is 32.9 Å². The molecule has 1 saturated heterocycles. The van der Waals surface area contributed by atoms with Crippen molar-refractivity contribution in [1.82, 2.24) is 4.90 Å². The van der Waals surface area contributed by atoms with Gasteiger partial charge >= 0.3 is 0 Å². The number of aryl methyl sites for hydroxylation is 2. The van der Waals surface area contributed by atoms with Crippen molar-refractivity contribution < 1.29 is 14.3 Å². The molecular formula is C15H21NO3. The van der Waals surface area contributed by atoms with Crippen LogP contribution >= 0.6 is 0 Å². The molecular weight excluding hydrogens is 242 g/mol. The Hall–Kier alpha value is -1.39. The molecule has 1 heterocycles. The smallest absolute Gasteiger partial charge is 0.248 e. The summed E-state index contributed by atoms with van der Waals surface area (Å²) in [4.78, 5) is 13.7. The molecule has 0 radical (unpaired) electrons. The van der Waals surface area contributed by atoms with E-state index in [1.54, 1.807) is 4.90 Å². The van der Waals surface area contributed by atoms with Gasteiger partial charge in [-0.05, 0) is 25.0 Å². The highest BCUT2D eigenvalue weighted by molar-refractivity contribution is 5.77. The molecule has 1 amide bonds. The number of morpholine rings is 1. The van der Waals surface area contributed by atoms with Crippen LogP contribution in [0.5, 0.6) is 0 Å². The number of nitrogens with zero attached hydrogens (tertiary/aromatic N) is 1. The maximum absolute atomic E-state index is 11.9. The van der Waals surface area contributed by atoms with Gasteiger partial charge in [0.05, 0.1) is 19.8 Å². The molecule has 0 N–H and O–H groups in total. The van der Waals surface area contributed by atoms with Crippen LogP contribution in [0.4, 0.5) is 0 Å². The number of ether oxygens (including phenoxy) is 2. The summed E-state index contributed by atoms with van der Waals surface area (Å²) in [6.07, 6.45) is 0. The van der Waals surface area contributed by atoms with E-state index in [2.05, 4.69) is 32.0 Å². The molecule has 2 rings (SSSR count). The SMILES string of the molecule is Cc1ccc(COCC(=O)N2CCOCC2)c(C)c1. The molecule has 0 unspecified atom stereocenters. The largest absolute Gasteiger partial charge is 0.378 e. The first kappa shape index (κ1) is 14.0. The van der Waals surface area contributed by atoms with Gasteiger partial charge in [0.2, 0.25) is 5.91 Å². The third-order valence-corrected chi connectivity index (χ3v) is 3.34. The minimum Gasteiger partial charge on any atom is -0.378 e. The summed E-state index contributed by atoms with van der Waals surface area (Å²) in [5.41, 5.74) is 3.59. The van der Waals surface area contributed by atoms with Crippen molar-refractivity contribution in [1.29, 1.82) is 0 Å². The Balaban J connectivity index is 1.78. The molecule has 19 heavy (non-hydrogen) atoms. The molecule has 1 aliphatic rings. The normalized spacial score (nSPS) is 15.6. The summed E-state index contributed by atoms with van der Waals surface area (Å²) in [6, 6.07) is 6.25. The summed E-state index contributed by atoms with van der Waals surface area (Å²) >= 11 is 0. The molecule has 4 heteroatoms. The number of carbonyl (C=O) groups excluding carboxylic acids is 1. The zero-order valence-corrected chi connectivity index (χ0v) is 11.6. The van der Waals surface area contributed by atoms with Crippen molar-refractivity contribution in [3.8, 4) is 0 Å². The van der Waals surface area contributed by atoms with Crippen molar-refractivity contribution in [3.63, 3.8) is 0 Å². The van der Waals surface area contributed by atoms with Gasteiger partial charge in [-0.25, -0.2) is 0 Å². The first-order chi connectivity index (χ1) is 9.16. The summed E-state index contributed by atoms with van der Waals surface area (Å²) < 4.78 is 10.7. The van der Waals surface area contributed by atoms with Gasteiger partial charge in [0.1, 0.15) is 6.61 Å². The van der Waals surface area contributed by atoms with Crippen LogP contribution in [-0.4, -0.2) is 43.7 Å². The highest BCUT2D eigenvalue weighted by Gasteiger charge is 2.16. The van der Waals surface area contributed by atoms with Gasteiger partial charge in [-0.15, -0.1) is 0 Å². The second-order valence-electron chi connectivity index (χ2n) is 4.92. The Morgan fingerprint density at radius 3 is 2.74 bits per heavy atom. The molecule has 0 aromatic heterocycles. The van der Waals surface area contributed by atoms with E-state index in [-0.39, 0.29) is 12.5 Å². The van der Waals surface area contributed by atoms with Gasteiger partial charge in [0.25, 0.3) is 0 Å². The molecule has 0 spiro atoms. The van der Waals surface area contributed by atoms with Crippen LogP contribution in [0.1, 0.15) is 16.7 Å². The Bertz CT molecular complexity index is 439. The number of hydrogen-bond donors (Lipinski definition) is 0. The maximum Gasteiger partial charge on any atom is 0.248 e. The van der Waals surface area contributed by atoms with Crippen molar-refractivity contribution in [3.05, 3.63) is 34.9 Å². The number of hydrogen-bond acceptors (Lipinski definition) is 3. The second-order valence-corrected chi connectivity index (χ2v) is 4.92. The maximum atomic E-state index is 11.9. The van der Waals surface area contributed by atoms with E-state index in [4.69, 9.17) is 9.47 Å². The van der Waals surface area contributed by atoms with E-state index in [9.17, 15) is 4.79 Å². The van der Waals surface area contributed by atoms with Crippen LogP contribution in [0.15, 0.2) is 18.2 Å². The first-order valence-corrected chi connectivity index (χ1v) is 6.66. The molecule has 4 nitrogen and oxygen atoms in total. The van der Waals surface area contributed by atoms with Gasteiger partial charge in [-0.2, -0.15) is 0 Å². The molecule has 104 valence electrons. The molecule has 0 saturated carbocycles. The van der Waals surface area contributed by atoms with Crippen LogP contribution in [-0.2, 0) is 20.9 Å². The van der Waals surface area contributed by atoms with Crippen molar-refractivity contribution in [2.45, 2.75) is 20.5 Å². The average Bonchev–Trinajstić information content (AvgIpc) is 2.42. The van der Waals surface area contributed by atoms with Crippen LogP contribution in [0.25, 0.3) is 0 Å².